The molecule has 0 amide bonds. The normalized spacial score (nSPS) is 19.2. The second kappa shape index (κ2) is 3.56. The average molecular weight is 234 g/mol. The topological polar surface area (TPSA) is 65.1 Å². The molecular formula is C12H11FN2O2. The van der Waals surface area contributed by atoms with Crippen LogP contribution in [0.3, 0.4) is 0 Å². The van der Waals surface area contributed by atoms with Gasteiger partial charge in [0, 0.05) is 29.6 Å². The zero-order valence-corrected chi connectivity index (χ0v) is 8.96. The van der Waals surface area contributed by atoms with Gasteiger partial charge in [0.25, 0.3) is 0 Å². The fourth-order valence-electron chi connectivity index (χ4n) is 2.34. The van der Waals surface area contributed by atoms with Gasteiger partial charge in [0.15, 0.2) is 0 Å². The number of aromatic nitrogens is 1. The molecule has 0 aliphatic carbocycles. The van der Waals surface area contributed by atoms with Gasteiger partial charge in [-0.3, -0.25) is 10.1 Å². The van der Waals surface area contributed by atoms with E-state index in [2.05, 4.69) is 10.3 Å². The van der Waals surface area contributed by atoms with Crippen molar-refractivity contribution in [3.8, 4) is 0 Å². The minimum atomic E-state index is -0.855. The van der Waals surface area contributed by atoms with Gasteiger partial charge in [-0.2, -0.15) is 0 Å². The molecule has 1 unspecified atom stereocenters. The highest BCUT2D eigenvalue weighted by Crippen LogP contribution is 2.27. The summed E-state index contributed by atoms with van der Waals surface area (Å²) in [4.78, 5) is 14.1. The fourth-order valence-corrected chi connectivity index (χ4v) is 2.34. The van der Waals surface area contributed by atoms with Crippen molar-refractivity contribution in [2.24, 2.45) is 0 Å². The Bertz CT molecular complexity index is 606. The predicted octanol–water partition coefficient (Wildman–Crippen LogP) is 1.41. The van der Waals surface area contributed by atoms with E-state index in [9.17, 15) is 9.18 Å². The predicted molar refractivity (Wildman–Crippen MR) is 60.2 cm³/mol. The largest absolute Gasteiger partial charge is 0.480 e. The first kappa shape index (κ1) is 10.3. The maximum absolute atomic E-state index is 13.1. The van der Waals surface area contributed by atoms with E-state index in [-0.39, 0.29) is 5.82 Å². The van der Waals surface area contributed by atoms with Crippen molar-refractivity contribution in [3.63, 3.8) is 0 Å². The zero-order valence-electron chi connectivity index (χ0n) is 8.96. The lowest BCUT2D eigenvalue weighted by Crippen LogP contribution is -2.41. The molecule has 1 aromatic carbocycles. The molecule has 0 spiro atoms. The van der Waals surface area contributed by atoms with Crippen LogP contribution in [-0.4, -0.2) is 22.1 Å². The van der Waals surface area contributed by atoms with Crippen LogP contribution in [0, 0.1) is 5.82 Å². The van der Waals surface area contributed by atoms with Gasteiger partial charge in [-0.05, 0) is 23.8 Å². The number of nitrogens with one attached hydrogen (secondary N) is 2. The Labute approximate surface area is 96.4 Å². The number of aliphatic carboxylic acids is 1. The molecule has 5 heteroatoms. The number of fused-ring (bicyclic) bond motifs is 3. The first-order valence-electron chi connectivity index (χ1n) is 5.40. The molecule has 1 atom stereocenters. The number of carboxylic acid groups (broad SMARTS) is 1. The van der Waals surface area contributed by atoms with Gasteiger partial charge in [0.1, 0.15) is 11.9 Å². The van der Waals surface area contributed by atoms with E-state index in [0.29, 0.717) is 13.0 Å². The standard InChI is InChI=1S/C12H11FN2O2/c13-6-1-2-7-8-4-10(12(16)17)14-5-11(8)15-9(7)3-6/h1-3,10,14-15H,4-5H2,(H,16,17). The minimum Gasteiger partial charge on any atom is -0.480 e. The summed E-state index contributed by atoms with van der Waals surface area (Å²) < 4.78 is 13.1. The maximum atomic E-state index is 13.1. The summed E-state index contributed by atoms with van der Waals surface area (Å²) in [6, 6.07) is 3.97. The highest BCUT2D eigenvalue weighted by molar-refractivity contribution is 5.86. The summed E-state index contributed by atoms with van der Waals surface area (Å²) in [5.74, 6) is -1.15. The quantitative estimate of drug-likeness (QED) is 0.699. The van der Waals surface area contributed by atoms with Crippen LogP contribution in [0.25, 0.3) is 10.9 Å². The number of hydrogen-bond acceptors (Lipinski definition) is 2. The summed E-state index contributed by atoms with van der Waals surface area (Å²) >= 11 is 0. The number of benzene rings is 1. The highest BCUT2D eigenvalue weighted by atomic mass is 19.1. The van der Waals surface area contributed by atoms with Crippen molar-refractivity contribution < 1.29 is 14.3 Å². The molecule has 17 heavy (non-hydrogen) atoms. The Morgan fingerprint density at radius 3 is 3.06 bits per heavy atom. The van der Waals surface area contributed by atoms with E-state index in [1.54, 1.807) is 6.07 Å². The molecule has 0 saturated carbocycles. The van der Waals surface area contributed by atoms with Crippen LogP contribution in [0.15, 0.2) is 18.2 Å². The van der Waals surface area contributed by atoms with Gasteiger partial charge in [-0.15, -0.1) is 0 Å². The highest BCUT2D eigenvalue weighted by Gasteiger charge is 2.26. The molecule has 1 aliphatic heterocycles. The number of carbonyl (C=O) groups is 1. The summed E-state index contributed by atoms with van der Waals surface area (Å²) in [5.41, 5.74) is 2.65. The number of halogens is 1. The number of aromatic amines is 1. The third-order valence-electron chi connectivity index (χ3n) is 3.19. The first-order valence-corrected chi connectivity index (χ1v) is 5.40. The van der Waals surface area contributed by atoms with E-state index in [0.717, 1.165) is 22.2 Å². The molecule has 0 saturated heterocycles. The van der Waals surface area contributed by atoms with E-state index in [1.807, 2.05) is 0 Å². The lowest BCUT2D eigenvalue weighted by molar-refractivity contribution is -0.139. The first-order chi connectivity index (χ1) is 8.15. The molecule has 0 radical (unpaired) electrons. The van der Waals surface area contributed by atoms with E-state index in [4.69, 9.17) is 5.11 Å². The molecule has 88 valence electrons. The van der Waals surface area contributed by atoms with Crippen molar-refractivity contribution in [2.75, 3.05) is 0 Å². The number of H-pyrrole nitrogens is 1. The third kappa shape index (κ3) is 1.59. The smallest absolute Gasteiger partial charge is 0.321 e. The molecule has 2 heterocycles. The molecule has 0 bridgehead atoms. The van der Waals surface area contributed by atoms with Crippen molar-refractivity contribution >= 4 is 16.9 Å². The molecule has 4 nitrogen and oxygen atoms in total. The van der Waals surface area contributed by atoms with Crippen LogP contribution >= 0.6 is 0 Å². The monoisotopic (exact) mass is 234 g/mol. The average Bonchev–Trinajstić information content (AvgIpc) is 2.64. The SMILES string of the molecule is O=C(O)C1Cc2c([nH]c3cc(F)ccc23)CN1. The van der Waals surface area contributed by atoms with Gasteiger partial charge in [-0.25, -0.2) is 4.39 Å². The van der Waals surface area contributed by atoms with Crippen molar-refractivity contribution in [1.82, 2.24) is 10.3 Å². The number of hydrogen-bond donors (Lipinski definition) is 3. The number of carboxylic acids is 1. The van der Waals surface area contributed by atoms with Gasteiger partial charge < -0.3 is 10.1 Å². The van der Waals surface area contributed by atoms with E-state index >= 15 is 0 Å². The Morgan fingerprint density at radius 2 is 2.29 bits per heavy atom. The molecule has 3 rings (SSSR count). The van der Waals surface area contributed by atoms with E-state index in [1.165, 1.54) is 12.1 Å². The van der Waals surface area contributed by atoms with Crippen LogP contribution in [0.2, 0.25) is 0 Å². The third-order valence-corrected chi connectivity index (χ3v) is 3.19. The van der Waals surface area contributed by atoms with Gasteiger partial charge in [-0.1, -0.05) is 0 Å². The van der Waals surface area contributed by atoms with Crippen molar-refractivity contribution in [2.45, 2.75) is 19.0 Å². The lowest BCUT2D eigenvalue weighted by Gasteiger charge is -2.20. The molecule has 1 aromatic heterocycles. The molecule has 0 fully saturated rings. The van der Waals surface area contributed by atoms with Crippen LogP contribution in [-0.2, 0) is 17.8 Å². The summed E-state index contributed by atoms with van der Waals surface area (Å²) in [6.45, 7) is 0.475. The van der Waals surface area contributed by atoms with Crippen LogP contribution < -0.4 is 5.32 Å². The summed E-state index contributed by atoms with van der Waals surface area (Å²) in [6.07, 6.45) is 0.427. The van der Waals surface area contributed by atoms with Gasteiger partial charge in [0.2, 0.25) is 0 Å². The second-order valence-corrected chi connectivity index (χ2v) is 4.25. The van der Waals surface area contributed by atoms with Gasteiger partial charge >= 0.3 is 5.97 Å². The van der Waals surface area contributed by atoms with E-state index < -0.39 is 12.0 Å². The van der Waals surface area contributed by atoms with Crippen LogP contribution in [0.4, 0.5) is 4.39 Å². The van der Waals surface area contributed by atoms with Crippen molar-refractivity contribution in [1.29, 1.82) is 0 Å². The molecule has 1 aliphatic rings. The summed E-state index contributed by atoms with van der Waals surface area (Å²) in [5, 5.41) is 12.8. The zero-order chi connectivity index (χ0) is 12.0. The fraction of sp³-hybridized carbons (Fsp3) is 0.250. The Balaban J connectivity index is 2.12. The lowest BCUT2D eigenvalue weighted by atomic mass is 9.99. The minimum absolute atomic E-state index is 0.293. The van der Waals surface area contributed by atoms with Crippen LogP contribution in [0.1, 0.15) is 11.3 Å². The molecule has 2 aromatic rings. The molecular weight excluding hydrogens is 223 g/mol. The molecule has 3 N–H and O–H groups in total. The van der Waals surface area contributed by atoms with Crippen LogP contribution in [0.5, 0.6) is 0 Å². The Kier molecular flexibility index (Phi) is 2.16. The van der Waals surface area contributed by atoms with Crippen molar-refractivity contribution in [3.05, 3.63) is 35.3 Å². The van der Waals surface area contributed by atoms with Gasteiger partial charge in [0.05, 0.1) is 0 Å². The summed E-state index contributed by atoms with van der Waals surface area (Å²) in [7, 11) is 0. The number of rotatable bonds is 1. The second-order valence-electron chi connectivity index (χ2n) is 4.25. The Hall–Kier alpha value is -1.88. The maximum Gasteiger partial charge on any atom is 0.321 e. The Morgan fingerprint density at radius 1 is 1.47 bits per heavy atom.